The topological polar surface area (TPSA) is 63.2 Å². The molecular formula is C15H29NO3S. The van der Waals surface area contributed by atoms with Crippen molar-refractivity contribution in [3.63, 3.8) is 0 Å². The van der Waals surface area contributed by atoms with Gasteiger partial charge in [-0.3, -0.25) is 4.79 Å². The second-order valence-electron chi connectivity index (χ2n) is 7.23. The summed E-state index contributed by atoms with van der Waals surface area (Å²) in [5.74, 6) is 0.160. The van der Waals surface area contributed by atoms with Crippen LogP contribution in [-0.2, 0) is 14.6 Å². The van der Waals surface area contributed by atoms with E-state index in [1.807, 2.05) is 20.8 Å². The lowest BCUT2D eigenvalue weighted by Crippen LogP contribution is -2.30. The van der Waals surface area contributed by atoms with Crippen molar-refractivity contribution < 1.29 is 13.2 Å². The Morgan fingerprint density at radius 2 is 1.60 bits per heavy atom. The molecule has 1 amide bonds. The Balaban J connectivity index is 3.99. The van der Waals surface area contributed by atoms with Crippen molar-refractivity contribution in [3.05, 3.63) is 12.2 Å². The van der Waals surface area contributed by atoms with E-state index < -0.39 is 14.6 Å². The summed E-state index contributed by atoms with van der Waals surface area (Å²) in [4.78, 5) is 11.5. The number of allylic oxidation sites excluding steroid dienone is 1. The zero-order valence-corrected chi connectivity index (χ0v) is 14.4. The lowest BCUT2D eigenvalue weighted by Gasteiger charge is -2.18. The van der Waals surface area contributed by atoms with Crippen LogP contribution >= 0.6 is 0 Å². The van der Waals surface area contributed by atoms with E-state index in [4.69, 9.17) is 0 Å². The quantitative estimate of drug-likeness (QED) is 0.767. The second kappa shape index (κ2) is 7.25. The molecule has 0 aromatic carbocycles. The highest BCUT2D eigenvalue weighted by molar-refractivity contribution is 7.92. The van der Waals surface area contributed by atoms with E-state index in [0.29, 0.717) is 19.4 Å². The molecule has 118 valence electrons. The molecule has 0 spiro atoms. The minimum atomic E-state index is -3.06. The smallest absolute Gasteiger partial charge is 0.220 e. The molecule has 0 heterocycles. The van der Waals surface area contributed by atoms with Crippen molar-refractivity contribution in [3.8, 4) is 0 Å². The van der Waals surface area contributed by atoms with Gasteiger partial charge in [-0.2, -0.15) is 0 Å². The molecule has 0 atom stereocenters. The third-order valence-electron chi connectivity index (χ3n) is 2.76. The maximum absolute atomic E-state index is 11.8. The van der Waals surface area contributed by atoms with Crippen LogP contribution in [0.15, 0.2) is 12.2 Å². The first-order valence-corrected chi connectivity index (χ1v) is 8.64. The molecular weight excluding hydrogens is 274 g/mol. The molecule has 0 fully saturated rings. The normalized spacial score (nSPS) is 13.7. The van der Waals surface area contributed by atoms with Gasteiger partial charge in [0.25, 0.3) is 0 Å². The number of carbonyl (C=O) groups is 1. The Kier molecular flexibility index (Phi) is 6.94. The molecule has 1 N–H and O–H groups in total. The van der Waals surface area contributed by atoms with Crippen LogP contribution in [0.2, 0.25) is 0 Å². The molecule has 0 radical (unpaired) electrons. The highest BCUT2D eigenvalue weighted by atomic mass is 32.2. The van der Waals surface area contributed by atoms with Gasteiger partial charge in [0.2, 0.25) is 5.91 Å². The van der Waals surface area contributed by atoms with Crippen LogP contribution in [0.1, 0.15) is 54.4 Å². The third kappa shape index (κ3) is 8.35. The maximum atomic E-state index is 11.8. The molecule has 0 aromatic heterocycles. The van der Waals surface area contributed by atoms with Crippen molar-refractivity contribution in [1.29, 1.82) is 0 Å². The summed E-state index contributed by atoms with van der Waals surface area (Å²) in [5, 5.41) is 2.79. The minimum Gasteiger partial charge on any atom is -0.353 e. The van der Waals surface area contributed by atoms with Gasteiger partial charge in [-0.25, -0.2) is 8.42 Å². The van der Waals surface area contributed by atoms with E-state index in [1.165, 1.54) is 0 Å². The molecule has 0 bridgehead atoms. The van der Waals surface area contributed by atoms with Crippen LogP contribution in [0.4, 0.5) is 0 Å². The number of hydrogen-bond acceptors (Lipinski definition) is 3. The van der Waals surface area contributed by atoms with Crippen molar-refractivity contribution >= 4 is 15.7 Å². The Morgan fingerprint density at radius 3 is 2.05 bits per heavy atom. The zero-order chi connectivity index (χ0) is 16.0. The molecule has 0 aliphatic carbocycles. The Labute approximate surface area is 123 Å². The van der Waals surface area contributed by atoms with Gasteiger partial charge in [0.15, 0.2) is 9.84 Å². The molecule has 5 heteroatoms. The van der Waals surface area contributed by atoms with Crippen LogP contribution < -0.4 is 5.32 Å². The van der Waals surface area contributed by atoms with Gasteiger partial charge in [0.05, 0.1) is 10.5 Å². The standard InChI is InChI=1S/C15H29NO3S/c1-14(2,3)12-13(17)16-10-8-7-9-11-20(18,19)15(4,5)6/h7-8H,9-12H2,1-6H3,(H,16,17)/b8-7-. The number of hydrogen-bond donors (Lipinski definition) is 1. The largest absolute Gasteiger partial charge is 0.353 e. The van der Waals surface area contributed by atoms with Gasteiger partial charge in [0, 0.05) is 13.0 Å². The fourth-order valence-corrected chi connectivity index (χ4v) is 2.51. The van der Waals surface area contributed by atoms with Crippen LogP contribution in [0.5, 0.6) is 0 Å². The summed E-state index contributed by atoms with van der Waals surface area (Å²) < 4.78 is 23.0. The SMILES string of the molecule is CC(C)(C)CC(=O)NC/C=C\CCS(=O)(=O)C(C)(C)C. The van der Waals surface area contributed by atoms with E-state index in [2.05, 4.69) is 5.32 Å². The molecule has 20 heavy (non-hydrogen) atoms. The minimum absolute atomic E-state index is 0.0180. The van der Waals surface area contributed by atoms with Crippen LogP contribution in [0.3, 0.4) is 0 Å². The molecule has 0 saturated heterocycles. The first-order valence-electron chi connectivity index (χ1n) is 6.99. The van der Waals surface area contributed by atoms with Gasteiger partial charge in [-0.05, 0) is 32.6 Å². The lowest BCUT2D eigenvalue weighted by molar-refractivity contribution is -0.122. The Hall–Kier alpha value is -0.840. The van der Waals surface area contributed by atoms with Gasteiger partial charge in [-0.1, -0.05) is 32.9 Å². The Morgan fingerprint density at radius 1 is 1.05 bits per heavy atom. The third-order valence-corrected chi connectivity index (χ3v) is 5.40. The predicted octanol–water partition coefficient (Wildman–Crippen LogP) is 2.70. The molecule has 0 aliphatic heterocycles. The van der Waals surface area contributed by atoms with Crippen LogP contribution in [0.25, 0.3) is 0 Å². The van der Waals surface area contributed by atoms with E-state index >= 15 is 0 Å². The summed E-state index contributed by atoms with van der Waals surface area (Å²) in [7, 11) is -3.06. The van der Waals surface area contributed by atoms with Crippen molar-refractivity contribution in [2.45, 2.75) is 59.1 Å². The van der Waals surface area contributed by atoms with Crippen molar-refractivity contribution in [1.82, 2.24) is 5.32 Å². The molecule has 0 aliphatic rings. The zero-order valence-electron chi connectivity index (χ0n) is 13.6. The van der Waals surface area contributed by atoms with Crippen molar-refractivity contribution in [2.75, 3.05) is 12.3 Å². The summed E-state index contributed by atoms with van der Waals surface area (Å²) in [6.45, 7) is 11.6. The highest BCUT2D eigenvalue weighted by Gasteiger charge is 2.27. The highest BCUT2D eigenvalue weighted by Crippen LogP contribution is 2.18. The molecule has 0 saturated carbocycles. The average molecular weight is 303 g/mol. The van der Waals surface area contributed by atoms with E-state index in [9.17, 15) is 13.2 Å². The van der Waals surface area contributed by atoms with Gasteiger partial charge < -0.3 is 5.32 Å². The number of amides is 1. The lowest BCUT2D eigenvalue weighted by atomic mass is 9.92. The predicted molar refractivity (Wildman–Crippen MR) is 84.4 cm³/mol. The monoisotopic (exact) mass is 303 g/mol. The molecule has 0 aromatic rings. The van der Waals surface area contributed by atoms with Gasteiger partial charge in [0.1, 0.15) is 0 Å². The number of rotatable bonds is 6. The van der Waals surface area contributed by atoms with E-state index in [-0.39, 0.29) is 17.1 Å². The fraction of sp³-hybridized carbons (Fsp3) is 0.800. The average Bonchev–Trinajstić information content (AvgIpc) is 2.18. The van der Waals surface area contributed by atoms with Crippen molar-refractivity contribution in [2.24, 2.45) is 5.41 Å². The Bertz CT molecular complexity index is 437. The summed E-state index contributed by atoms with van der Waals surface area (Å²) in [5.41, 5.74) is -0.0193. The van der Waals surface area contributed by atoms with Crippen LogP contribution in [0, 0.1) is 5.41 Å². The molecule has 0 unspecified atom stereocenters. The maximum Gasteiger partial charge on any atom is 0.220 e. The van der Waals surface area contributed by atoms with Crippen LogP contribution in [-0.4, -0.2) is 31.4 Å². The first-order chi connectivity index (χ1) is 8.85. The van der Waals surface area contributed by atoms with Gasteiger partial charge >= 0.3 is 0 Å². The molecule has 0 rings (SSSR count). The van der Waals surface area contributed by atoms with Gasteiger partial charge in [-0.15, -0.1) is 0 Å². The fourth-order valence-electron chi connectivity index (χ4n) is 1.45. The van der Waals surface area contributed by atoms with E-state index in [0.717, 1.165) is 0 Å². The number of carbonyl (C=O) groups excluding carboxylic acids is 1. The number of sulfone groups is 1. The number of nitrogens with one attached hydrogen (secondary N) is 1. The second-order valence-corrected chi connectivity index (χ2v) is 10.1. The summed E-state index contributed by atoms with van der Waals surface area (Å²) in [6.07, 6.45) is 4.58. The van der Waals surface area contributed by atoms with E-state index in [1.54, 1.807) is 32.9 Å². The summed E-state index contributed by atoms with van der Waals surface area (Å²) >= 11 is 0. The first kappa shape index (κ1) is 19.2. The molecule has 4 nitrogen and oxygen atoms in total. The summed E-state index contributed by atoms with van der Waals surface area (Å²) in [6, 6.07) is 0.